The number of halogens is 1. The smallest absolute Gasteiger partial charge is 0.251 e. The minimum absolute atomic E-state index is 0.113. The van der Waals surface area contributed by atoms with Gasteiger partial charge in [0.1, 0.15) is 5.82 Å². The molecular weight excluding hydrogens is 525 g/mol. The van der Waals surface area contributed by atoms with Gasteiger partial charge in [0.25, 0.3) is 5.91 Å². The third-order valence-corrected chi connectivity index (χ3v) is 8.04. The van der Waals surface area contributed by atoms with Crippen molar-refractivity contribution >= 4 is 23.6 Å². The van der Waals surface area contributed by atoms with E-state index in [-0.39, 0.29) is 11.7 Å². The lowest BCUT2D eigenvalue weighted by Gasteiger charge is -2.32. The van der Waals surface area contributed by atoms with Crippen LogP contribution in [0.25, 0.3) is 17.2 Å². The number of anilines is 1. The molecule has 42 heavy (non-hydrogen) atoms. The first-order valence-corrected chi connectivity index (χ1v) is 14.2. The summed E-state index contributed by atoms with van der Waals surface area (Å²) in [4.78, 5) is 27.2. The number of nitrogens with two attached hydrogens (primary N) is 1. The van der Waals surface area contributed by atoms with Gasteiger partial charge in [-0.1, -0.05) is 66.8 Å². The van der Waals surface area contributed by atoms with E-state index < -0.39 is 5.91 Å². The van der Waals surface area contributed by atoms with E-state index >= 15 is 4.39 Å². The summed E-state index contributed by atoms with van der Waals surface area (Å²) < 4.78 is 15.0. The van der Waals surface area contributed by atoms with Crippen LogP contribution in [0.1, 0.15) is 49.4 Å². The van der Waals surface area contributed by atoms with Gasteiger partial charge in [-0.15, -0.1) is 0 Å². The second-order valence-electron chi connectivity index (χ2n) is 10.8. The molecule has 0 unspecified atom stereocenters. The molecule has 2 aliphatic rings. The van der Waals surface area contributed by atoms with Gasteiger partial charge in [0.05, 0.1) is 0 Å². The number of carbonyl (C=O) groups is 2. The molecule has 6 heteroatoms. The van der Waals surface area contributed by atoms with E-state index in [0.717, 1.165) is 48.2 Å². The lowest BCUT2D eigenvalue weighted by atomic mass is 9.96. The Balaban J connectivity index is 1.16. The Morgan fingerprint density at radius 2 is 1.74 bits per heavy atom. The zero-order chi connectivity index (χ0) is 29.1. The van der Waals surface area contributed by atoms with E-state index in [1.165, 1.54) is 17.2 Å². The largest absolute Gasteiger partial charge is 0.367 e. The molecular formula is C36H32FN3O2. The van der Waals surface area contributed by atoms with Crippen LogP contribution in [0, 0.1) is 5.82 Å². The van der Waals surface area contributed by atoms with Crippen molar-refractivity contribution in [3.05, 3.63) is 142 Å². The molecule has 210 valence electrons. The van der Waals surface area contributed by atoms with Crippen molar-refractivity contribution in [2.24, 2.45) is 5.73 Å². The summed E-state index contributed by atoms with van der Waals surface area (Å²) in [6.07, 6.45) is 8.92. The van der Waals surface area contributed by atoms with Crippen molar-refractivity contribution in [1.29, 1.82) is 0 Å². The van der Waals surface area contributed by atoms with Crippen molar-refractivity contribution in [2.75, 3.05) is 18.0 Å². The van der Waals surface area contributed by atoms with Crippen LogP contribution in [-0.4, -0.2) is 24.9 Å². The number of hydrogen-bond acceptors (Lipinski definition) is 3. The Hall–Kier alpha value is -4.97. The van der Waals surface area contributed by atoms with Crippen LogP contribution in [0.2, 0.25) is 0 Å². The number of allylic oxidation sites excluding steroid dienone is 1. The van der Waals surface area contributed by atoms with Gasteiger partial charge in [0.15, 0.2) is 0 Å². The molecule has 0 saturated heterocycles. The SMILES string of the molecule is NC(=O)c1ccccc1-c1ccc(F)c(CN2CCCc3cc(C(=O)NCC4=CCc5ccccc5C=C4)ccc32)c1. The van der Waals surface area contributed by atoms with Crippen LogP contribution in [0.4, 0.5) is 10.1 Å². The van der Waals surface area contributed by atoms with Crippen LogP contribution in [0.5, 0.6) is 0 Å². The van der Waals surface area contributed by atoms with Crippen LogP contribution < -0.4 is 16.0 Å². The van der Waals surface area contributed by atoms with Gasteiger partial charge in [-0.05, 0) is 89.1 Å². The quantitative estimate of drug-likeness (QED) is 0.274. The molecule has 4 aromatic carbocycles. The highest BCUT2D eigenvalue weighted by Gasteiger charge is 2.21. The summed E-state index contributed by atoms with van der Waals surface area (Å²) in [5.41, 5.74) is 14.2. The highest BCUT2D eigenvalue weighted by molar-refractivity contribution is 6.00. The number of nitrogens with zero attached hydrogens (tertiary/aromatic N) is 1. The topological polar surface area (TPSA) is 75.4 Å². The number of hydrogen-bond donors (Lipinski definition) is 2. The zero-order valence-electron chi connectivity index (χ0n) is 23.3. The average molecular weight is 558 g/mol. The molecule has 0 aromatic heterocycles. The Morgan fingerprint density at radius 1 is 0.905 bits per heavy atom. The maximum absolute atomic E-state index is 15.0. The Morgan fingerprint density at radius 3 is 2.62 bits per heavy atom. The van der Waals surface area contributed by atoms with Gasteiger partial charge in [-0.2, -0.15) is 0 Å². The first-order chi connectivity index (χ1) is 20.5. The monoisotopic (exact) mass is 557 g/mol. The van der Waals surface area contributed by atoms with Gasteiger partial charge >= 0.3 is 0 Å². The summed E-state index contributed by atoms with van der Waals surface area (Å²) in [7, 11) is 0. The fraction of sp³-hybridized carbons (Fsp3) is 0.167. The Labute approximate surface area is 245 Å². The number of amides is 2. The summed E-state index contributed by atoms with van der Waals surface area (Å²) in [5, 5.41) is 3.07. The summed E-state index contributed by atoms with van der Waals surface area (Å²) in [5.74, 6) is -0.935. The van der Waals surface area contributed by atoms with E-state index in [9.17, 15) is 9.59 Å². The van der Waals surface area contributed by atoms with Gasteiger partial charge in [-0.3, -0.25) is 9.59 Å². The normalized spacial score (nSPS) is 13.9. The number of fused-ring (bicyclic) bond motifs is 2. The van der Waals surface area contributed by atoms with Crippen LogP contribution in [0.15, 0.2) is 103 Å². The second-order valence-corrected chi connectivity index (χ2v) is 10.8. The van der Waals surface area contributed by atoms with Gasteiger partial charge in [0, 0.05) is 42.0 Å². The molecule has 5 nitrogen and oxygen atoms in total. The lowest BCUT2D eigenvalue weighted by Crippen LogP contribution is -2.30. The highest BCUT2D eigenvalue weighted by Crippen LogP contribution is 2.32. The summed E-state index contributed by atoms with van der Waals surface area (Å²) in [6, 6.07) is 26.1. The van der Waals surface area contributed by atoms with Crippen molar-refractivity contribution in [3.8, 4) is 11.1 Å². The van der Waals surface area contributed by atoms with Crippen LogP contribution in [0.3, 0.4) is 0 Å². The number of benzene rings is 4. The molecule has 1 aliphatic carbocycles. The van der Waals surface area contributed by atoms with E-state index in [4.69, 9.17) is 5.73 Å². The average Bonchev–Trinajstić information content (AvgIpc) is 3.23. The molecule has 3 N–H and O–H groups in total. The number of primary amides is 1. The van der Waals surface area contributed by atoms with Gasteiger partial charge < -0.3 is 16.0 Å². The van der Waals surface area contributed by atoms with Crippen molar-refractivity contribution in [2.45, 2.75) is 25.8 Å². The molecule has 6 rings (SSSR count). The van der Waals surface area contributed by atoms with Crippen molar-refractivity contribution in [3.63, 3.8) is 0 Å². The molecule has 0 radical (unpaired) electrons. The summed E-state index contributed by atoms with van der Waals surface area (Å²) >= 11 is 0. The van der Waals surface area contributed by atoms with E-state index in [1.54, 1.807) is 24.3 Å². The molecule has 1 heterocycles. The molecule has 0 fully saturated rings. The van der Waals surface area contributed by atoms with Crippen LogP contribution in [-0.2, 0) is 19.4 Å². The third-order valence-electron chi connectivity index (χ3n) is 8.04. The maximum atomic E-state index is 15.0. The summed E-state index contributed by atoms with van der Waals surface area (Å²) in [6.45, 7) is 1.61. The fourth-order valence-corrected chi connectivity index (χ4v) is 5.80. The maximum Gasteiger partial charge on any atom is 0.251 e. The molecule has 2 amide bonds. The molecule has 0 atom stereocenters. The first-order valence-electron chi connectivity index (χ1n) is 14.2. The number of rotatable bonds is 7. The molecule has 0 spiro atoms. The second kappa shape index (κ2) is 11.9. The predicted octanol–water partition coefficient (Wildman–Crippen LogP) is 6.47. The Bertz CT molecular complexity index is 1740. The van der Waals surface area contributed by atoms with E-state index in [2.05, 4.69) is 40.6 Å². The van der Waals surface area contributed by atoms with Gasteiger partial charge in [0.2, 0.25) is 5.91 Å². The minimum atomic E-state index is -0.519. The third kappa shape index (κ3) is 5.75. The minimum Gasteiger partial charge on any atom is -0.367 e. The molecule has 1 aliphatic heterocycles. The Kier molecular flexibility index (Phi) is 7.69. The number of nitrogens with one attached hydrogen (secondary N) is 1. The number of aryl methyl sites for hydroxylation is 1. The van der Waals surface area contributed by atoms with Crippen molar-refractivity contribution < 1.29 is 14.0 Å². The first kappa shape index (κ1) is 27.2. The van der Waals surface area contributed by atoms with E-state index in [0.29, 0.717) is 35.3 Å². The fourth-order valence-electron chi connectivity index (χ4n) is 5.80. The van der Waals surface area contributed by atoms with Gasteiger partial charge in [-0.25, -0.2) is 4.39 Å². The molecule has 0 bridgehead atoms. The number of carbonyl (C=O) groups excluding carboxylic acids is 2. The van der Waals surface area contributed by atoms with Crippen molar-refractivity contribution in [1.82, 2.24) is 5.32 Å². The lowest BCUT2D eigenvalue weighted by molar-refractivity contribution is 0.0955. The molecule has 4 aromatic rings. The van der Waals surface area contributed by atoms with E-state index in [1.807, 2.05) is 42.5 Å². The highest BCUT2D eigenvalue weighted by atomic mass is 19.1. The molecule has 0 saturated carbocycles. The predicted molar refractivity (Wildman–Crippen MR) is 166 cm³/mol. The van der Waals surface area contributed by atoms with Crippen LogP contribution >= 0.6 is 0 Å². The standard InChI is InChI=1S/C36H32FN3O2/c37-33-17-15-27(31-9-3-4-10-32(31)35(38)41)20-30(33)23-40-19-5-8-28-21-29(16-18-34(28)40)36(42)39-22-24-11-13-25-6-1-2-7-26(25)14-12-24/h1-4,6-7,9-13,15-18,20-21H,5,8,14,19,22-23H2,(H2,38,41)(H,39,42). The zero-order valence-corrected chi connectivity index (χ0v) is 23.3.